The fourth-order valence-corrected chi connectivity index (χ4v) is 2.71. The van der Waals surface area contributed by atoms with Crippen LogP contribution in [-0.4, -0.2) is 10.8 Å². The van der Waals surface area contributed by atoms with Gasteiger partial charge in [-0.25, -0.2) is 0 Å². The lowest BCUT2D eigenvalue weighted by Crippen LogP contribution is -2.45. The third kappa shape index (κ3) is 2.40. The highest BCUT2D eigenvalue weighted by Crippen LogP contribution is 2.28. The maximum absolute atomic E-state index is 4.78. The zero-order chi connectivity index (χ0) is 16.5. The second-order valence-electron chi connectivity index (χ2n) is 5.81. The average molecular weight is 317 g/mol. The number of hydrogen-bond donors (Lipinski definition) is 2. The molecule has 2 N–H and O–H groups in total. The number of amidine groups is 1. The zero-order valence-electron chi connectivity index (χ0n) is 13.7. The number of aromatic nitrogens is 1. The molecule has 0 saturated heterocycles. The number of hydrazone groups is 1. The summed E-state index contributed by atoms with van der Waals surface area (Å²) in [5.41, 5.74) is 7.84. The second-order valence-corrected chi connectivity index (χ2v) is 5.81. The van der Waals surface area contributed by atoms with Crippen molar-refractivity contribution in [3.63, 3.8) is 0 Å². The number of nitrogens with one attached hydrogen (secondary N) is 2. The van der Waals surface area contributed by atoms with Crippen LogP contribution in [0.4, 0.5) is 11.5 Å². The Labute approximate surface area is 141 Å². The summed E-state index contributed by atoms with van der Waals surface area (Å²) in [5, 5.41) is 8.60. The Balaban J connectivity index is 1.78. The largest absolute Gasteiger partial charge is 0.345 e. The molecule has 0 amide bonds. The van der Waals surface area contributed by atoms with Crippen molar-refractivity contribution in [3.05, 3.63) is 83.6 Å². The minimum Gasteiger partial charge on any atom is -0.345 e. The van der Waals surface area contributed by atoms with Gasteiger partial charge in [0.15, 0.2) is 11.7 Å². The predicted molar refractivity (Wildman–Crippen MR) is 97.8 cm³/mol. The molecule has 0 unspecified atom stereocenters. The summed E-state index contributed by atoms with van der Waals surface area (Å²) in [6.45, 7) is 4.20. The van der Waals surface area contributed by atoms with Gasteiger partial charge < -0.3 is 4.98 Å². The van der Waals surface area contributed by atoms with Crippen molar-refractivity contribution in [3.8, 4) is 0 Å². The van der Waals surface area contributed by atoms with Crippen molar-refractivity contribution in [2.24, 2.45) is 5.10 Å². The molecule has 2 aromatic carbocycles. The van der Waals surface area contributed by atoms with Gasteiger partial charge in [-0.3, -0.25) is 5.43 Å². The number of rotatable bonds is 3. The Bertz CT molecular complexity index is 867. The van der Waals surface area contributed by atoms with E-state index in [1.807, 2.05) is 77.1 Å². The quantitative estimate of drug-likeness (QED) is 0.773. The highest BCUT2D eigenvalue weighted by molar-refractivity contribution is 6.02. The molecule has 0 spiro atoms. The van der Waals surface area contributed by atoms with Crippen LogP contribution in [-0.2, 0) is 0 Å². The summed E-state index contributed by atoms with van der Waals surface area (Å²) in [6.07, 6.45) is 2.01. The van der Waals surface area contributed by atoms with Crippen LogP contribution in [0.5, 0.6) is 0 Å². The molecule has 1 aliphatic rings. The van der Waals surface area contributed by atoms with Crippen molar-refractivity contribution in [1.29, 1.82) is 0 Å². The number of aryl methyl sites for hydroxylation is 1. The topological polar surface area (TPSA) is 46.7 Å². The lowest BCUT2D eigenvalue weighted by molar-refractivity contribution is 0.756. The molecule has 4 rings (SSSR count). The Morgan fingerprint density at radius 3 is 2.17 bits per heavy atom. The van der Waals surface area contributed by atoms with Crippen LogP contribution in [0.25, 0.3) is 0 Å². The van der Waals surface area contributed by atoms with E-state index in [1.165, 1.54) is 11.1 Å². The van der Waals surface area contributed by atoms with Gasteiger partial charge in [-0.05, 0) is 37.1 Å². The molecular weight excluding hydrogens is 298 g/mol. The lowest BCUT2D eigenvalue weighted by atomic mass is 10.2. The third-order valence-electron chi connectivity index (χ3n) is 4.21. The molecule has 0 radical (unpaired) electrons. The Morgan fingerprint density at radius 2 is 1.54 bits per heavy atom. The van der Waals surface area contributed by atoms with E-state index in [0.717, 1.165) is 22.9 Å². The zero-order valence-corrected chi connectivity index (χ0v) is 13.7. The first-order valence-electron chi connectivity index (χ1n) is 7.94. The predicted octanol–water partition coefficient (Wildman–Crippen LogP) is 3.74. The van der Waals surface area contributed by atoms with E-state index in [2.05, 4.69) is 24.3 Å². The van der Waals surface area contributed by atoms with Crippen LogP contribution in [0.1, 0.15) is 16.7 Å². The minimum atomic E-state index is 0.811. The second kappa shape index (κ2) is 5.77. The van der Waals surface area contributed by atoms with E-state index in [9.17, 15) is 0 Å². The summed E-state index contributed by atoms with van der Waals surface area (Å²) in [5.74, 6) is 1.79. The number of aromatic amines is 1. The summed E-state index contributed by atoms with van der Waals surface area (Å²) in [4.78, 5) is 3.34. The SMILES string of the molecule is Cc1c[nH]c(N2NC(c3ccccc3)=NN2c2ccccc2)c1C. The smallest absolute Gasteiger partial charge is 0.176 e. The van der Waals surface area contributed by atoms with Crippen LogP contribution in [0.3, 0.4) is 0 Å². The molecule has 24 heavy (non-hydrogen) atoms. The molecule has 2 heterocycles. The van der Waals surface area contributed by atoms with Crippen molar-refractivity contribution in [2.45, 2.75) is 13.8 Å². The molecule has 0 bridgehead atoms. The summed E-state index contributed by atoms with van der Waals surface area (Å²) in [7, 11) is 0. The number of hydrazine groups is 2. The first-order chi connectivity index (χ1) is 11.7. The van der Waals surface area contributed by atoms with E-state index in [4.69, 9.17) is 5.10 Å². The molecule has 0 saturated carbocycles. The van der Waals surface area contributed by atoms with Gasteiger partial charge in [0.25, 0.3) is 0 Å². The number of benzene rings is 2. The highest BCUT2D eigenvalue weighted by atomic mass is 16.0. The fourth-order valence-electron chi connectivity index (χ4n) is 2.71. The molecule has 120 valence electrons. The molecule has 3 aromatic rings. The van der Waals surface area contributed by atoms with Crippen LogP contribution in [0, 0.1) is 13.8 Å². The minimum absolute atomic E-state index is 0.811. The van der Waals surface area contributed by atoms with Crippen molar-refractivity contribution in [1.82, 2.24) is 10.4 Å². The van der Waals surface area contributed by atoms with Gasteiger partial charge in [-0.15, -0.1) is 10.2 Å². The van der Waals surface area contributed by atoms with E-state index in [1.54, 1.807) is 0 Å². The first kappa shape index (κ1) is 14.4. The van der Waals surface area contributed by atoms with E-state index >= 15 is 0 Å². The van der Waals surface area contributed by atoms with Crippen LogP contribution < -0.4 is 15.7 Å². The standard InChI is InChI=1S/C19H19N5/c1-14-13-20-19(15(14)2)24-22-18(16-9-5-3-6-10-16)21-23(24)17-11-7-4-8-12-17/h3-13,20H,1-2H3,(H,21,22). The molecule has 5 nitrogen and oxygen atoms in total. The number of nitrogens with zero attached hydrogens (tertiary/aromatic N) is 3. The fraction of sp³-hybridized carbons (Fsp3) is 0.105. The Morgan fingerprint density at radius 1 is 0.875 bits per heavy atom. The van der Waals surface area contributed by atoms with Gasteiger partial charge >= 0.3 is 0 Å². The number of anilines is 2. The molecule has 1 aliphatic heterocycles. The molecule has 0 aliphatic carbocycles. The number of para-hydroxylation sites is 1. The van der Waals surface area contributed by atoms with E-state index in [-0.39, 0.29) is 0 Å². The Kier molecular flexibility index (Phi) is 3.46. The normalized spacial score (nSPS) is 13.8. The van der Waals surface area contributed by atoms with Crippen molar-refractivity contribution >= 4 is 17.3 Å². The monoisotopic (exact) mass is 317 g/mol. The van der Waals surface area contributed by atoms with Crippen LogP contribution in [0.2, 0.25) is 0 Å². The van der Waals surface area contributed by atoms with Gasteiger partial charge in [0.1, 0.15) is 0 Å². The van der Waals surface area contributed by atoms with Crippen molar-refractivity contribution < 1.29 is 0 Å². The van der Waals surface area contributed by atoms with E-state index < -0.39 is 0 Å². The summed E-state index contributed by atoms with van der Waals surface area (Å²) >= 11 is 0. The lowest BCUT2D eigenvalue weighted by Gasteiger charge is -2.27. The van der Waals surface area contributed by atoms with Crippen LogP contribution >= 0.6 is 0 Å². The van der Waals surface area contributed by atoms with Gasteiger partial charge in [-0.1, -0.05) is 48.5 Å². The van der Waals surface area contributed by atoms with Crippen LogP contribution in [0.15, 0.2) is 72.0 Å². The van der Waals surface area contributed by atoms with Gasteiger partial charge in [0, 0.05) is 11.8 Å². The third-order valence-corrected chi connectivity index (χ3v) is 4.21. The maximum Gasteiger partial charge on any atom is 0.176 e. The summed E-state index contributed by atoms with van der Waals surface area (Å²) < 4.78 is 0. The van der Waals surface area contributed by atoms with E-state index in [0.29, 0.717) is 0 Å². The first-order valence-corrected chi connectivity index (χ1v) is 7.94. The molecule has 1 aromatic heterocycles. The number of H-pyrrole nitrogens is 1. The highest BCUT2D eigenvalue weighted by Gasteiger charge is 2.28. The van der Waals surface area contributed by atoms with Gasteiger partial charge in [-0.2, -0.15) is 5.12 Å². The molecule has 5 heteroatoms. The average Bonchev–Trinajstić information content (AvgIpc) is 3.21. The Hall–Kier alpha value is -3.21. The molecule has 0 atom stereocenters. The van der Waals surface area contributed by atoms with Gasteiger partial charge in [0.05, 0.1) is 5.69 Å². The number of hydrogen-bond acceptors (Lipinski definition) is 4. The summed E-state index contributed by atoms with van der Waals surface area (Å²) in [6, 6.07) is 20.2. The maximum atomic E-state index is 4.78. The molecule has 0 fully saturated rings. The molecular formula is C19H19N5. The van der Waals surface area contributed by atoms with Crippen molar-refractivity contribution in [2.75, 3.05) is 10.2 Å². The van der Waals surface area contributed by atoms with Gasteiger partial charge in [0.2, 0.25) is 0 Å².